The third-order valence-electron chi connectivity index (χ3n) is 6.50. The Morgan fingerprint density at radius 3 is 1.88 bits per heavy atom. The summed E-state index contributed by atoms with van der Waals surface area (Å²) in [5, 5.41) is 3.08. The van der Waals surface area contributed by atoms with E-state index in [4.69, 9.17) is 28.4 Å². The van der Waals surface area contributed by atoms with E-state index in [1.165, 1.54) is 19.2 Å². The van der Waals surface area contributed by atoms with Gasteiger partial charge >= 0.3 is 24.2 Å². The normalized spacial score (nSPS) is 14.5. The van der Waals surface area contributed by atoms with Crippen LogP contribution in [0.1, 0.15) is 92.6 Å². The molecule has 1 N–H and O–H groups in total. The molecule has 0 aliphatic rings. The summed E-state index contributed by atoms with van der Waals surface area (Å²) in [5.41, 5.74) is 0.573. The van der Waals surface area contributed by atoms with Crippen LogP contribution in [0.25, 0.3) is 0 Å². The molecule has 1 aromatic carbocycles. The number of esters is 2. The number of nitrogens with one attached hydrogen (secondary N) is 1. The molecule has 42 heavy (non-hydrogen) atoms. The number of methoxy groups -OCH3 is 1. The van der Waals surface area contributed by atoms with Crippen molar-refractivity contribution in [3.63, 3.8) is 0 Å². The Bertz CT molecular complexity index is 998. The molecule has 0 aliphatic carbocycles. The first-order valence-corrected chi connectivity index (χ1v) is 14.8. The van der Waals surface area contributed by atoms with Crippen LogP contribution in [0.4, 0.5) is 9.59 Å². The summed E-state index contributed by atoms with van der Waals surface area (Å²) in [7, 11) is 1.27. The zero-order valence-electron chi connectivity index (χ0n) is 26.4. The predicted molar refractivity (Wildman–Crippen MR) is 157 cm³/mol. The van der Waals surface area contributed by atoms with Crippen molar-refractivity contribution in [2.45, 2.75) is 118 Å². The summed E-state index contributed by atoms with van der Waals surface area (Å²) < 4.78 is 31.7. The molecule has 0 spiro atoms. The smallest absolute Gasteiger partial charge is 0.468 e. The van der Waals surface area contributed by atoms with Gasteiger partial charge in [0.2, 0.25) is 0 Å². The minimum Gasteiger partial charge on any atom is -0.468 e. The maximum absolute atomic E-state index is 12.6. The predicted octanol–water partition coefficient (Wildman–Crippen LogP) is 6.14. The Morgan fingerprint density at radius 1 is 0.786 bits per heavy atom. The first-order chi connectivity index (χ1) is 19.9. The number of hydrogen-bond donors (Lipinski definition) is 1. The van der Waals surface area contributed by atoms with Gasteiger partial charge < -0.3 is 33.7 Å². The van der Waals surface area contributed by atoms with Crippen LogP contribution in [-0.4, -0.2) is 62.3 Å². The van der Waals surface area contributed by atoms with E-state index in [2.05, 4.69) is 5.32 Å². The molecule has 0 bridgehead atoms. The average molecular weight is 596 g/mol. The summed E-state index contributed by atoms with van der Waals surface area (Å²) in [6, 6.07) is 3.76. The van der Waals surface area contributed by atoms with E-state index >= 15 is 0 Å². The third kappa shape index (κ3) is 14.5. The van der Waals surface area contributed by atoms with E-state index in [1.807, 2.05) is 27.7 Å². The first-order valence-electron chi connectivity index (χ1n) is 14.8. The summed E-state index contributed by atoms with van der Waals surface area (Å²) in [4.78, 5) is 49.6. The van der Waals surface area contributed by atoms with Crippen molar-refractivity contribution in [3.05, 3.63) is 23.8 Å². The molecule has 5 atom stereocenters. The molecule has 0 heterocycles. The lowest BCUT2D eigenvalue weighted by Crippen LogP contribution is -2.43. The molecule has 11 nitrogen and oxygen atoms in total. The highest BCUT2D eigenvalue weighted by Gasteiger charge is 2.24. The maximum Gasteiger partial charge on any atom is 0.514 e. The van der Waals surface area contributed by atoms with Gasteiger partial charge in [-0.1, -0.05) is 53.0 Å². The van der Waals surface area contributed by atoms with Crippen molar-refractivity contribution in [3.8, 4) is 11.5 Å². The van der Waals surface area contributed by atoms with Crippen molar-refractivity contribution >= 4 is 24.2 Å². The number of carbonyl (C=O) groups is 4. The van der Waals surface area contributed by atoms with E-state index in [0.29, 0.717) is 24.8 Å². The fourth-order valence-electron chi connectivity index (χ4n) is 4.00. The third-order valence-corrected chi connectivity index (χ3v) is 6.50. The van der Waals surface area contributed by atoms with Crippen LogP contribution in [0.15, 0.2) is 18.2 Å². The molecule has 4 unspecified atom stereocenters. The van der Waals surface area contributed by atoms with Gasteiger partial charge in [-0.15, -0.1) is 0 Å². The molecule has 1 aromatic rings. The second kappa shape index (κ2) is 19.7. The van der Waals surface area contributed by atoms with Crippen LogP contribution in [0.5, 0.6) is 11.5 Å². The number of rotatable bonds is 18. The van der Waals surface area contributed by atoms with Gasteiger partial charge in [0, 0.05) is 13.0 Å². The Labute approximate surface area is 249 Å². The quantitative estimate of drug-likeness (QED) is 0.119. The van der Waals surface area contributed by atoms with Crippen LogP contribution >= 0.6 is 0 Å². The second-order valence-corrected chi connectivity index (χ2v) is 10.6. The zero-order valence-corrected chi connectivity index (χ0v) is 26.4. The molecular formula is C31H49NO10. The van der Waals surface area contributed by atoms with Crippen LogP contribution in [-0.2, 0) is 35.0 Å². The fraction of sp³-hybridized carbons (Fsp3) is 0.677. The van der Waals surface area contributed by atoms with E-state index in [-0.39, 0.29) is 48.6 Å². The van der Waals surface area contributed by atoms with Gasteiger partial charge in [0.25, 0.3) is 0 Å². The van der Waals surface area contributed by atoms with Gasteiger partial charge in [-0.3, -0.25) is 9.59 Å². The van der Waals surface area contributed by atoms with Gasteiger partial charge in [-0.25, -0.2) is 9.59 Å². The summed E-state index contributed by atoms with van der Waals surface area (Å²) in [6.07, 6.45) is 1.19. The Hall–Kier alpha value is -3.34. The maximum atomic E-state index is 12.6. The number of benzene rings is 1. The van der Waals surface area contributed by atoms with Crippen molar-refractivity contribution in [2.75, 3.05) is 13.7 Å². The molecule has 238 valence electrons. The number of hydrogen-bond acceptors (Lipinski definition) is 11. The minimum absolute atomic E-state index is 0.0445. The topological polar surface area (TPSA) is 136 Å². The average Bonchev–Trinajstić information content (AvgIpc) is 2.91. The first kappa shape index (κ1) is 36.7. The van der Waals surface area contributed by atoms with Crippen LogP contribution < -0.4 is 14.8 Å². The Kier molecular flexibility index (Phi) is 17.2. The lowest BCUT2D eigenvalue weighted by molar-refractivity contribution is -0.149. The minimum atomic E-state index is -0.957. The van der Waals surface area contributed by atoms with Crippen LogP contribution in [0.3, 0.4) is 0 Å². The molecule has 0 amide bonds. The SMILES string of the molecule is CCCC(C)OC(=O)Oc1ccc(C[C@H](NCC(C)OC(=O)CC(C)CC)C(=O)OC)cc1OC(=O)OC(C)CCC. The Morgan fingerprint density at radius 2 is 1.36 bits per heavy atom. The van der Waals surface area contributed by atoms with E-state index in [0.717, 1.165) is 19.3 Å². The van der Waals surface area contributed by atoms with Gasteiger partial charge in [0.15, 0.2) is 11.5 Å². The summed E-state index contributed by atoms with van der Waals surface area (Å²) in [6.45, 7) is 13.4. The molecule has 0 saturated carbocycles. The standard InChI is InChI=1S/C31H49NO10/c1-9-12-21(5)39-30(35)41-26-15-14-24(18-27(26)42-31(36)40-22(6)13-10-2)17-25(29(34)37-8)32-19-23(7)38-28(33)16-20(4)11-3/h14-15,18,20-23,25,32H,9-13,16-17,19H2,1-8H3/t20?,21?,22?,23?,25-/m0/s1. The van der Waals surface area contributed by atoms with Crippen molar-refractivity contribution < 1.29 is 47.6 Å². The van der Waals surface area contributed by atoms with Crippen molar-refractivity contribution in [2.24, 2.45) is 5.92 Å². The van der Waals surface area contributed by atoms with Crippen LogP contribution in [0.2, 0.25) is 0 Å². The lowest BCUT2D eigenvalue weighted by Gasteiger charge is -2.21. The van der Waals surface area contributed by atoms with Crippen molar-refractivity contribution in [1.29, 1.82) is 0 Å². The van der Waals surface area contributed by atoms with E-state index in [9.17, 15) is 19.2 Å². The van der Waals surface area contributed by atoms with E-state index in [1.54, 1.807) is 26.8 Å². The molecule has 1 rings (SSSR count). The number of ether oxygens (including phenoxy) is 6. The van der Waals surface area contributed by atoms with Gasteiger partial charge in [0.05, 0.1) is 7.11 Å². The highest BCUT2D eigenvalue weighted by atomic mass is 16.7. The highest BCUT2D eigenvalue weighted by molar-refractivity contribution is 5.76. The van der Waals surface area contributed by atoms with Gasteiger partial charge in [0.1, 0.15) is 24.4 Å². The van der Waals surface area contributed by atoms with Gasteiger partial charge in [-0.05, 0) is 63.6 Å². The highest BCUT2D eigenvalue weighted by Crippen LogP contribution is 2.30. The molecule has 0 aromatic heterocycles. The molecule has 0 aliphatic heterocycles. The van der Waals surface area contributed by atoms with E-state index < -0.39 is 30.4 Å². The van der Waals surface area contributed by atoms with Crippen molar-refractivity contribution in [1.82, 2.24) is 5.32 Å². The monoisotopic (exact) mass is 595 g/mol. The molecule has 0 saturated heterocycles. The second-order valence-electron chi connectivity index (χ2n) is 10.6. The zero-order chi connectivity index (χ0) is 31.7. The summed E-state index contributed by atoms with van der Waals surface area (Å²) >= 11 is 0. The molecule has 0 radical (unpaired) electrons. The molecular weight excluding hydrogens is 546 g/mol. The van der Waals surface area contributed by atoms with Crippen LogP contribution in [0, 0.1) is 5.92 Å². The Balaban J connectivity index is 3.08. The van der Waals surface area contributed by atoms with Gasteiger partial charge in [-0.2, -0.15) is 0 Å². The fourth-order valence-corrected chi connectivity index (χ4v) is 4.00. The molecule has 11 heteroatoms. The molecule has 0 fully saturated rings. The number of carbonyl (C=O) groups excluding carboxylic acids is 4. The lowest BCUT2D eigenvalue weighted by atomic mass is 10.0. The largest absolute Gasteiger partial charge is 0.514 e. The summed E-state index contributed by atoms with van der Waals surface area (Å²) in [5.74, 6) is -0.725.